The number of piperidine rings is 1. The van der Waals surface area contributed by atoms with Crippen molar-refractivity contribution in [2.45, 2.75) is 45.7 Å². The molecular formula is C13H23N5O2. The minimum Gasteiger partial charge on any atom is -0.361 e. The fourth-order valence-electron chi connectivity index (χ4n) is 2.78. The van der Waals surface area contributed by atoms with Gasteiger partial charge in [0, 0.05) is 19.1 Å². The number of anilines is 1. The van der Waals surface area contributed by atoms with Gasteiger partial charge in [-0.25, -0.2) is 4.68 Å². The lowest BCUT2D eigenvalue weighted by atomic mass is 10.1. The van der Waals surface area contributed by atoms with Crippen molar-refractivity contribution in [2.24, 2.45) is 0 Å². The molecule has 1 aromatic heterocycles. The maximum Gasteiger partial charge on any atom is 0.333 e. The van der Waals surface area contributed by atoms with E-state index in [2.05, 4.69) is 22.4 Å². The van der Waals surface area contributed by atoms with Crippen LogP contribution in [0.25, 0.3) is 0 Å². The predicted molar refractivity (Wildman–Crippen MR) is 78.1 cm³/mol. The molecule has 0 spiro atoms. The normalized spacial score (nSPS) is 20.1. The van der Waals surface area contributed by atoms with Crippen molar-refractivity contribution in [2.75, 3.05) is 25.5 Å². The summed E-state index contributed by atoms with van der Waals surface area (Å²) in [7, 11) is 2.08. The number of nitrogens with zero attached hydrogens (tertiary/aromatic N) is 4. The van der Waals surface area contributed by atoms with E-state index < -0.39 is 0 Å². The van der Waals surface area contributed by atoms with Gasteiger partial charge in [0.1, 0.15) is 5.69 Å². The minimum atomic E-state index is -0.330. The molecule has 0 amide bonds. The van der Waals surface area contributed by atoms with Gasteiger partial charge in [-0.2, -0.15) is 5.10 Å². The largest absolute Gasteiger partial charge is 0.361 e. The Morgan fingerprint density at radius 3 is 2.90 bits per heavy atom. The van der Waals surface area contributed by atoms with Gasteiger partial charge < -0.3 is 10.2 Å². The summed E-state index contributed by atoms with van der Waals surface area (Å²) in [6, 6.07) is 0.249. The molecule has 1 aliphatic rings. The SMILES string of the molecule is CCCn1nc(C)c([N+](=O)[O-])c1NC1CCCN(C)C1. The topological polar surface area (TPSA) is 76.2 Å². The first-order valence-electron chi connectivity index (χ1n) is 7.19. The van der Waals surface area contributed by atoms with E-state index in [0.717, 1.165) is 32.4 Å². The number of nitrogens with one attached hydrogen (secondary N) is 1. The second kappa shape index (κ2) is 6.21. The molecule has 2 heterocycles. The van der Waals surface area contributed by atoms with Gasteiger partial charge in [0.25, 0.3) is 0 Å². The molecule has 7 heteroatoms. The highest BCUT2D eigenvalue weighted by Crippen LogP contribution is 2.30. The smallest absolute Gasteiger partial charge is 0.333 e. The number of likely N-dealkylation sites (N-methyl/N-ethyl adjacent to an activating group) is 1. The number of hydrogen-bond donors (Lipinski definition) is 1. The first kappa shape index (κ1) is 14.8. The Labute approximate surface area is 119 Å². The maximum absolute atomic E-state index is 11.3. The summed E-state index contributed by atoms with van der Waals surface area (Å²) in [5.41, 5.74) is 0.599. The fourth-order valence-corrected chi connectivity index (χ4v) is 2.78. The van der Waals surface area contributed by atoms with Gasteiger partial charge in [-0.05, 0) is 39.8 Å². The van der Waals surface area contributed by atoms with Crippen LogP contribution < -0.4 is 5.32 Å². The van der Waals surface area contributed by atoms with E-state index in [1.54, 1.807) is 11.6 Å². The van der Waals surface area contributed by atoms with Gasteiger partial charge in [-0.3, -0.25) is 10.1 Å². The van der Waals surface area contributed by atoms with Crippen molar-refractivity contribution in [3.8, 4) is 0 Å². The van der Waals surface area contributed by atoms with Crippen LogP contribution in [-0.4, -0.2) is 45.8 Å². The van der Waals surface area contributed by atoms with Crippen LogP contribution in [0.3, 0.4) is 0 Å². The molecule has 20 heavy (non-hydrogen) atoms. The van der Waals surface area contributed by atoms with Gasteiger partial charge in [0.05, 0.1) is 4.92 Å². The van der Waals surface area contributed by atoms with Gasteiger partial charge in [0.15, 0.2) is 0 Å². The summed E-state index contributed by atoms with van der Waals surface area (Å²) in [6.45, 7) is 6.43. The molecule has 0 saturated carbocycles. The zero-order valence-corrected chi connectivity index (χ0v) is 12.4. The molecular weight excluding hydrogens is 258 g/mol. The summed E-state index contributed by atoms with van der Waals surface area (Å²) in [6.07, 6.45) is 3.05. The second-order valence-corrected chi connectivity index (χ2v) is 5.51. The highest BCUT2D eigenvalue weighted by molar-refractivity contribution is 5.60. The van der Waals surface area contributed by atoms with Crippen LogP contribution in [0.1, 0.15) is 31.9 Å². The Kier molecular flexibility index (Phi) is 4.59. The average molecular weight is 281 g/mol. The number of likely N-dealkylation sites (tertiary alicyclic amines) is 1. The summed E-state index contributed by atoms with van der Waals surface area (Å²) >= 11 is 0. The average Bonchev–Trinajstić information content (AvgIpc) is 2.66. The van der Waals surface area contributed by atoms with Crippen molar-refractivity contribution in [3.63, 3.8) is 0 Å². The first-order chi connectivity index (χ1) is 9.52. The van der Waals surface area contributed by atoms with Crippen LogP contribution in [0.4, 0.5) is 11.5 Å². The fraction of sp³-hybridized carbons (Fsp3) is 0.769. The van der Waals surface area contributed by atoms with Crippen molar-refractivity contribution < 1.29 is 4.92 Å². The molecule has 1 aromatic rings. The first-order valence-corrected chi connectivity index (χ1v) is 7.19. The molecule has 1 saturated heterocycles. The van der Waals surface area contributed by atoms with Crippen LogP contribution in [-0.2, 0) is 6.54 Å². The molecule has 0 aromatic carbocycles. The lowest BCUT2D eigenvalue weighted by Gasteiger charge is -2.30. The van der Waals surface area contributed by atoms with E-state index in [-0.39, 0.29) is 16.7 Å². The number of aryl methyl sites for hydroxylation is 2. The Morgan fingerprint density at radius 1 is 1.55 bits per heavy atom. The lowest BCUT2D eigenvalue weighted by Crippen LogP contribution is -2.40. The molecule has 1 unspecified atom stereocenters. The minimum absolute atomic E-state index is 0.117. The molecule has 0 bridgehead atoms. The van der Waals surface area contributed by atoms with Gasteiger partial charge in [-0.15, -0.1) is 0 Å². The van der Waals surface area contributed by atoms with E-state index >= 15 is 0 Å². The number of rotatable bonds is 5. The van der Waals surface area contributed by atoms with Gasteiger partial charge in [-0.1, -0.05) is 6.92 Å². The lowest BCUT2D eigenvalue weighted by molar-refractivity contribution is -0.384. The Morgan fingerprint density at radius 2 is 2.30 bits per heavy atom. The van der Waals surface area contributed by atoms with Crippen LogP contribution in [0.2, 0.25) is 0 Å². The number of aromatic nitrogens is 2. The zero-order valence-electron chi connectivity index (χ0n) is 12.4. The summed E-state index contributed by atoms with van der Waals surface area (Å²) in [4.78, 5) is 13.2. The third-order valence-electron chi connectivity index (χ3n) is 3.68. The van der Waals surface area contributed by atoms with Crippen molar-refractivity contribution in [1.82, 2.24) is 14.7 Å². The standard InChI is InChI=1S/C13H23N5O2/c1-4-7-17-13(12(18(19)20)10(2)15-17)14-11-6-5-8-16(3)9-11/h11,14H,4-9H2,1-3H3. The maximum atomic E-state index is 11.3. The summed E-state index contributed by atoms with van der Waals surface area (Å²) < 4.78 is 1.74. The van der Waals surface area contributed by atoms with E-state index in [1.165, 1.54) is 0 Å². The highest BCUT2D eigenvalue weighted by atomic mass is 16.6. The number of hydrogen-bond acceptors (Lipinski definition) is 5. The van der Waals surface area contributed by atoms with E-state index in [4.69, 9.17) is 0 Å². The second-order valence-electron chi connectivity index (χ2n) is 5.51. The van der Waals surface area contributed by atoms with Crippen LogP contribution in [0.15, 0.2) is 0 Å². The quantitative estimate of drug-likeness (QED) is 0.660. The molecule has 1 N–H and O–H groups in total. The van der Waals surface area contributed by atoms with E-state index in [1.807, 2.05) is 6.92 Å². The number of nitro groups is 1. The predicted octanol–water partition coefficient (Wildman–Crippen LogP) is 2.02. The van der Waals surface area contributed by atoms with Crippen molar-refractivity contribution in [3.05, 3.63) is 15.8 Å². The molecule has 0 radical (unpaired) electrons. The third-order valence-corrected chi connectivity index (χ3v) is 3.68. The molecule has 7 nitrogen and oxygen atoms in total. The van der Waals surface area contributed by atoms with Gasteiger partial charge >= 0.3 is 5.69 Å². The molecule has 1 atom stereocenters. The Hall–Kier alpha value is -1.63. The van der Waals surface area contributed by atoms with Gasteiger partial charge in [0.2, 0.25) is 5.82 Å². The summed E-state index contributed by atoms with van der Waals surface area (Å²) in [5, 5.41) is 18.9. The Bertz CT molecular complexity index is 485. The Balaban J connectivity index is 2.25. The molecule has 0 aliphatic carbocycles. The van der Waals surface area contributed by atoms with E-state index in [9.17, 15) is 10.1 Å². The van der Waals surface area contributed by atoms with Crippen molar-refractivity contribution in [1.29, 1.82) is 0 Å². The van der Waals surface area contributed by atoms with E-state index in [0.29, 0.717) is 18.1 Å². The van der Waals surface area contributed by atoms with Crippen molar-refractivity contribution >= 4 is 11.5 Å². The van der Waals surface area contributed by atoms with Crippen LogP contribution >= 0.6 is 0 Å². The molecule has 2 rings (SSSR count). The zero-order chi connectivity index (χ0) is 14.7. The molecule has 1 aliphatic heterocycles. The van der Waals surface area contributed by atoms with Crippen LogP contribution in [0.5, 0.6) is 0 Å². The third kappa shape index (κ3) is 3.09. The monoisotopic (exact) mass is 281 g/mol. The summed E-state index contributed by atoms with van der Waals surface area (Å²) in [5.74, 6) is 0.564. The molecule has 1 fully saturated rings. The molecule has 112 valence electrons. The highest BCUT2D eigenvalue weighted by Gasteiger charge is 2.28. The van der Waals surface area contributed by atoms with Crippen LogP contribution in [0, 0.1) is 17.0 Å².